The summed E-state index contributed by atoms with van der Waals surface area (Å²) in [6.07, 6.45) is 5.93. The number of nitrogens with one attached hydrogen (secondary N) is 1. The second kappa shape index (κ2) is 8.41. The van der Waals surface area contributed by atoms with E-state index in [9.17, 15) is 18.3 Å². The Bertz CT molecular complexity index is 938. The number of sulfonamides is 1. The van der Waals surface area contributed by atoms with Gasteiger partial charge in [0.1, 0.15) is 0 Å². The minimum atomic E-state index is -3.67. The number of fused-ring (bicyclic) bond motifs is 1. The van der Waals surface area contributed by atoms with E-state index in [0.29, 0.717) is 32.1 Å². The largest absolute Gasteiger partial charge is 0.390 e. The minimum absolute atomic E-state index is 0.134. The highest BCUT2D eigenvalue weighted by Crippen LogP contribution is 2.64. The van der Waals surface area contributed by atoms with Crippen molar-refractivity contribution < 1.29 is 18.3 Å². The molecule has 178 valence electrons. The highest BCUT2D eigenvalue weighted by Gasteiger charge is 2.62. The van der Waals surface area contributed by atoms with Crippen LogP contribution in [-0.2, 0) is 14.8 Å². The molecule has 7 heteroatoms. The summed E-state index contributed by atoms with van der Waals surface area (Å²) in [6, 6.07) is 8.26. The van der Waals surface area contributed by atoms with Crippen molar-refractivity contribution in [3.05, 3.63) is 30.3 Å². The van der Waals surface area contributed by atoms with E-state index < -0.39 is 15.6 Å². The van der Waals surface area contributed by atoms with Crippen molar-refractivity contribution >= 4 is 15.9 Å². The smallest absolute Gasteiger partial charge is 0.240 e. The zero-order valence-electron chi connectivity index (χ0n) is 19.6. The van der Waals surface area contributed by atoms with E-state index in [4.69, 9.17) is 0 Å². The van der Waals surface area contributed by atoms with Crippen molar-refractivity contribution in [1.29, 1.82) is 0 Å². The summed E-state index contributed by atoms with van der Waals surface area (Å²) in [6.45, 7) is 7.93. The Labute approximate surface area is 192 Å². The number of aliphatic hydroxyl groups is 1. The molecule has 1 amide bonds. The second-order valence-corrected chi connectivity index (χ2v) is 13.0. The first-order valence-electron chi connectivity index (χ1n) is 12.0. The quantitative estimate of drug-likeness (QED) is 0.675. The van der Waals surface area contributed by atoms with E-state index in [-0.39, 0.29) is 33.6 Å². The fraction of sp³-hybridized carbons (Fsp3) is 0.720. The van der Waals surface area contributed by atoms with Crippen molar-refractivity contribution in [1.82, 2.24) is 9.62 Å². The first-order valence-corrected chi connectivity index (χ1v) is 13.5. The van der Waals surface area contributed by atoms with Crippen LogP contribution in [0.3, 0.4) is 0 Å². The highest BCUT2D eigenvalue weighted by atomic mass is 32.2. The van der Waals surface area contributed by atoms with Gasteiger partial charge >= 0.3 is 0 Å². The normalized spacial score (nSPS) is 34.4. The van der Waals surface area contributed by atoms with Gasteiger partial charge in [-0.2, -0.15) is 0 Å². The van der Waals surface area contributed by atoms with Crippen molar-refractivity contribution in [3.8, 4) is 0 Å². The molecule has 1 aromatic carbocycles. The predicted octanol–water partition coefficient (Wildman–Crippen LogP) is 3.70. The summed E-state index contributed by atoms with van der Waals surface area (Å²) < 4.78 is 29.6. The maximum Gasteiger partial charge on any atom is 0.240 e. The average Bonchev–Trinajstić information content (AvgIpc) is 3.33. The van der Waals surface area contributed by atoms with E-state index in [2.05, 4.69) is 18.6 Å². The SMILES string of the molecule is CC1(O)CCC2(CCC(=O)N3CCCC3)C(NS(=O)(=O)c3ccccc3)CC(C)(C)C2C1. The lowest BCUT2D eigenvalue weighted by Gasteiger charge is -2.51. The molecule has 2 saturated carbocycles. The van der Waals surface area contributed by atoms with Gasteiger partial charge < -0.3 is 10.0 Å². The first kappa shape index (κ1) is 23.7. The molecule has 3 aliphatic rings. The average molecular weight is 463 g/mol. The zero-order valence-corrected chi connectivity index (χ0v) is 20.5. The highest BCUT2D eigenvalue weighted by molar-refractivity contribution is 7.89. The van der Waals surface area contributed by atoms with Crippen molar-refractivity contribution in [2.45, 2.75) is 88.7 Å². The lowest BCUT2D eigenvalue weighted by Crippen LogP contribution is -2.52. The van der Waals surface area contributed by atoms with Gasteiger partial charge in [-0.1, -0.05) is 32.0 Å². The maximum atomic E-state index is 13.3. The first-order chi connectivity index (χ1) is 15.0. The fourth-order valence-corrected chi connectivity index (χ4v) is 8.06. The Hall–Kier alpha value is -1.44. The lowest BCUT2D eigenvalue weighted by molar-refractivity contribution is -0.132. The van der Waals surface area contributed by atoms with Gasteiger partial charge in [0.2, 0.25) is 15.9 Å². The van der Waals surface area contributed by atoms with Crippen LogP contribution in [0.15, 0.2) is 35.2 Å². The second-order valence-electron chi connectivity index (χ2n) is 11.3. The van der Waals surface area contributed by atoms with Crippen LogP contribution in [0.4, 0.5) is 0 Å². The van der Waals surface area contributed by atoms with Crippen LogP contribution in [0.1, 0.15) is 72.1 Å². The van der Waals surface area contributed by atoms with Gasteiger partial charge in [-0.15, -0.1) is 0 Å². The molecule has 6 nitrogen and oxygen atoms in total. The number of rotatable bonds is 6. The topological polar surface area (TPSA) is 86.7 Å². The number of likely N-dealkylation sites (tertiary alicyclic amines) is 1. The van der Waals surface area contributed by atoms with Gasteiger partial charge in [-0.25, -0.2) is 13.1 Å². The van der Waals surface area contributed by atoms with Crippen LogP contribution < -0.4 is 4.72 Å². The minimum Gasteiger partial charge on any atom is -0.390 e. The monoisotopic (exact) mass is 462 g/mol. The number of carbonyl (C=O) groups excluding carboxylic acids is 1. The van der Waals surface area contributed by atoms with Gasteiger partial charge in [0.15, 0.2) is 0 Å². The number of carbonyl (C=O) groups is 1. The molecule has 1 aromatic rings. The van der Waals surface area contributed by atoms with Gasteiger partial charge in [0.05, 0.1) is 10.5 Å². The third-order valence-corrected chi connectivity index (χ3v) is 9.94. The Morgan fingerprint density at radius 1 is 1.09 bits per heavy atom. The Balaban J connectivity index is 1.63. The number of amides is 1. The molecule has 0 bridgehead atoms. The summed E-state index contributed by atoms with van der Waals surface area (Å²) in [4.78, 5) is 15.1. The van der Waals surface area contributed by atoms with Crippen LogP contribution in [0.25, 0.3) is 0 Å². The van der Waals surface area contributed by atoms with Crippen LogP contribution in [0.2, 0.25) is 0 Å². The van der Waals surface area contributed by atoms with Crippen LogP contribution >= 0.6 is 0 Å². The van der Waals surface area contributed by atoms with Crippen LogP contribution in [-0.4, -0.2) is 49.1 Å². The van der Waals surface area contributed by atoms with E-state index in [0.717, 1.165) is 32.4 Å². The molecular formula is C25H38N2O4S. The Morgan fingerprint density at radius 3 is 2.41 bits per heavy atom. The molecule has 3 fully saturated rings. The maximum absolute atomic E-state index is 13.3. The molecule has 1 saturated heterocycles. The molecule has 1 aliphatic heterocycles. The molecule has 2 aliphatic carbocycles. The molecule has 4 rings (SSSR count). The van der Waals surface area contributed by atoms with Gasteiger partial charge in [0, 0.05) is 25.6 Å². The van der Waals surface area contributed by atoms with Crippen molar-refractivity contribution in [2.24, 2.45) is 16.7 Å². The molecular weight excluding hydrogens is 424 g/mol. The van der Waals surface area contributed by atoms with E-state index in [1.54, 1.807) is 24.3 Å². The number of hydrogen-bond acceptors (Lipinski definition) is 4. The zero-order chi connectivity index (χ0) is 23.2. The third-order valence-electron chi connectivity index (χ3n) is 8.45. The van der Waals surface area contributed by atoms with Crippen LogP contribution in [0.5, 0.6) is 0 Å². The third kappa shape index (κ3) is 4.48. The molecule has 32 heavy (non-hydrogen) atoms. The standard InChI is InChI=1S/C25H38N2O4S/c1-23(2)18-21(26-32(30,31)19-9-5-4-6-10-19)25(14-13-24(3,29)17-20(23)25)12-11-22(28)27-15-7-8-16-27/h4-6,9-10,20-21,26,29H,7-8,11-18H2,1-3H3. The van der Waals surface area contributed by atoms with Gasteiger partial charge in [-0.3, -0.25) is 4.79 Å². The lowest BCUT2D eigenvalue weighted by atomic mass is 9.57. The van der Waals surface area contributed by atoms with Crippen molar-refractivity contribution in [2.75, 3.05) is 13.1 Å². The van der Waals surface area contributed by atoms with Gasteiger partial charge in [0.25, 0.3) is 0 Å². The Morgan fingerprint density at radius 2 is 1.75 bits per heavy atom. The molecule has 1 heterocycles. The van der Waals surface area contributed by atoms with Gasteiger partial charge in [-0.05, 0) is 80.8 Å². The van der Waals surface area contributed by atoms with E-state index >= 15 is 0 Å². The summed E-state index contributed by atoms with van der Waals surface area (Å²) in [5.74, 6) is 0.330. The van der Waals surface area contributed by atoms with Crippen molar-refractivity contribution in [3.63, 3.8) is 0 Å². The summed E-state index contributed by atoms with van der Waals surface area (Å²) >= 11 is 0. The number of benzene rings is 1. The fourth-order valence-electron chi connectivity index (χ4n) is 6.72. The molecule has 0 aromatic heterocycles. The molecule has 2 N–H and O–H groups in total. The number of hydrogen-bond donors (Lipinski definition) is 2. The molecule has 0 radical (unpaired) electrons. The predicted molar refractivity (Wildman–Crippen MR) is 124 cm³/mol. The molecule has 4 unspecified atom stereocenters. The molecule has 4 atom stereocenters. The Kier molecular flexibility index (Phi) is 6.23. The number of nitrogens with zero attached hydrogens (tertiary/aromatic N) is 1. The summed E-state index contributed by atoms with van der Waals surface area (Å²) in [7, 11) is -3.67. The summed E-state index contributed by atoms with van der Waals surface area (Å²) in [5.41, 5.74) is -1.22. The molecule has 0 spiro atoms. The van der Waals surface area contributed by atoms with Crippen LogP contribution in [0, 0.1) is 16.7 Å². The summed E-state index contributed by atoms with van der Waals surface area (Å²) in [5, 5.41) is 10.9. The van der Waals surface area contributed by atoms with E-state index in [1.807, 2.05) is 17.9 Å². The van der Waals surface area contributed by atoms with E-state index in [1.165, 1.54) is 0 Å².